The number of hydrogen-bond donors (Lipinski definition) is 0. The highest BCUT2D eigenvalue weighted by atomic mass is 14.7. The van der Waals surface area contributed by atoms with Crippen LogP contribution in [0.1, 0.15) is 115 Å². The molecule has 1 heteroatoms. The van der Waals surface area contributed by atoms with E-state index < -0.39 is 0 Å². The summed E-state index contributed by atoms with van der Waals surface area (Å²) in [5.74, 6) is 0. The second kappa shape index (κ2) is 15.0. The molecule has 0 radical (unpaired) electrons. The van der Waals surface area contributed by atoms with Gasteiger partial charge in [-0.3, -0.25) is 0 Å². The van der Waals surface area contributed by atoms with Crippen LogP contribution in [-0.4, -0.2) is 4.98 Å². The standard InChI is InChI=1S/C31H45N/c1-2-3-4-5-6-7-8-9-10-11-12-13-14-15-16-17-21-27-23-20-25-31-29(27)26-28-22-18-19-24-30(28)32-31/h18-20,22-26H,2-17,21H2,1H3. The molecule has 2 aromatic carbocycles. The van der Waals surface area contributed by atoms with E-state index in [2.05, 4.69) is 55.5 Å². The molecule has 0 saturated heterocycles. The molecule has 0 amide bonds. The van der Waals surface area contributed by atoms with Crippen LogP contribution in [0.25, 0.3) is 21.8 Å². The van der Waals surface area contributed by atoms with Gasteiger partial charge >= 0.3 is 0 Å². The van der Waals surface area contributed by atoms with Crippen LogP contribution in [0.15, 0.2) is 48.5 Å². The van der Waals surface area contributed by atoms with Crippen LogP contribution >= 0.6 is 0 Å². The number of aromatic nitrogens is 1. The van der Waals surface area contributed by atoms with Gasteiger partial charge in [0.1, 0.15) is 0 Å². The molecule has 0 aliphatic rings. The molecule has 0 bridgehead atoms. The van der Waals surface area contributed by atoms with Crippen LogP contribution in [0, 0.1) is 0 Å². The Labute approximate surface area is 197 Å². The number of rotatable bonds is 17. The Bertz CT molecular complexity index is 897. The fourth-order valence-corrected chi connectivity index (χ4v) is 4.94. The van der Waals surface area contributed by atoms with Crippen molar-refractivity contribution in [2.24, 2.45) is 0 Å². The minimum atomic E-state index is 1.10. The highest BCUT2D eigenvalue weighted by Gasteiger charge is 2.04. The zero-order chi connectivity index (χ0) is 22.3. The summed E-state index contributed by atoms with van der Waals surface area (Å²) in [6.07, 6.45) is 24.0. The van der Waals surface area contributed by atoms with E-state index in [0.717, 1.165) is 11.0 Å². The van der Waals surface area contributed by atoms with Crippen LogP contribution in [0.5, 0.6) is 0 Å². The molecule has 0 unspecified atom stereocenters. The predicted octanol–water partition coefficient (Wildman–Crippen LogP) is 10.2. The molecular weight excluding hydrogens is 386 g/mol. The first-order valence-corrected chi connectivity index (χ1v) is 13.7. The van der Waals surface area contributed by atoms with Gasteiger partial charge in [0.2, 0.25) is 0 Å². The second-order valence-corrected chi connectivity index (χ2v) is 9.72. The third-order valence-corrected chi connectivity index (χ3v) is 6.95. The molecule has 3 aromatic rings. The summed E-state index contributed by atoms with van der Waals surface area (Å²) in [6.45, 7) is 2.30. The van der Waals surface area contributed by atoms with Gasteiger partial charge in [-0.1, -0.05) is 134 Å². The molecule has 0 N–H and O–H groups in total. The van der Waals surface area contributed by atoms with Gasteiger partial charge in [0.15, 0.2) is 0 Å². The van der Waals surface area contributed by atoms with Crippen molar-refractivity contribution in [3.63, 3.8) is 0 Å². The summed E-state index contributed by atoms with van der Waals surface area (Å²) < 4.78 is 0. The molecule has 0 saturated carbocycles. The van der Waals surface area contributed by atoms with E-state index >= 15 is 0 Å². The summed E-state index contributed by atoms with van der Waals surface area (Å²) in [5, 5.41) is 2.59. The Balaban J connectivity index is 1.22. The summed E-state index contributed by atoms with van der Waals surface area (Å²) in [4.78, 5) is 4.86. The zero-order valence-electron chi connectivity index (χ0n) is 20.6. The highest BCUT2D eigenvalue weighted by molar-refractivity contribution is 5.94. The normalized spacial score (nSPS) is 11.5. The highest BCUT2D eigenvalue weighted by Crippen LogP contribution is 2.24. The van der Waals surface area contributed by atoms with Crippen LogP contribution in [0.2, 0.25) is 0 Å². The topological polar surface area (TPSA) is 12.9 Å². The lowest BCUT2D eigenvalue weighted by atomic mass is 9.99. The molecule has 0 atom stereocenters. The minimum Gasteiger partial charge on any atom is -0.248 e. The van der Waals surface area contributed by atoms with Crippen molar-refractivity contribution in [2.75, 3.05) is 0 Å². The fraction of sp³-hybridized carbons (Fsp3) is 0.581. The molecule has 174 valence electrons. The number of aryl methyl sites for hydroxylation is 1. The lowest BCUT2D eigenvalue weighted by molar-refractivity contribution is 0.529. The van der Waals surface area contributed by atoms with Gasteiger partial charge in [0.25, 0.3) is 0 Å². The third kappa shape index (κ3) is 8.57. The maximum absolute atomic E-state index is 4.86. The number of pyridine rings is 1. The van der Waals surface area contributed by atoms with Gasteiger partial charge in [-0.25, -0.2) is 4.98 Å². The Morgan fingerprint density at radius 1 is 0.531 bits per heavy atom. The average Bonchev–Trinajstić information content (AvgIpc) is 2.82. The van der Waals surface area contributed by atoms with Crippen molar-refractivity contribution in [1.82, 2.24) is 4.98 Å². The predicted molar refractivity (Wildman–Crippen MR) is 142 cm³/mol. The molecule has 1 aromatic heterocycles. The lowest BCUT2D eigenvalue weighted by Crippen LogP contribution is -1.91. The number of nitrogens with zero attached hydrogens (tertiary/aromatic N) is 1. The molecule has 0 aliphatic heterocycles. The van der Waals surface area contributed by atoms with Crippen molar-refractivity contribution in [1.29, 1.82) is 0 Å². The van der Waals surface area contributed by atoms with E-state index in [9.17, 15) is 0 Å². The molecule has 0 spiro atoms. The molecule has 0 fully saturated rings. The van der Waals surface area contributed by atoms with Crippen LogP contribution in [0.3, 0.4) is 0 Å². The van der Waals surface area contributed by atoms with E-state index in [4.69, 9.17) is 4.98 Å². The zero-order valence-corrected chi connectivity index (χ0v) is 20.6. The Hall–Kier alpha value is -1.89. The van der Waals surface area contributed by atoms with E-state index in [-0.39, 0.29) is 0 Å². The van der Waals surface area contributed by atoms with E-state index in [1.165, 1.54) is 125 Å². The molecule has 3 rings (SSSR count). The number of unbranched alkanes of at least 4 members (excludes halogenated alkanes) is 15. The average molecular weight is 432 g/mol. The van der Waals surface area contributed by atoms with Crippen molar-refractivity contribution >= 4 is 21.8 Å². The summed E-state index contributed by atoms with van der Waals surface area (Å²) >= 11 is 0. The Morgan fingerprint density at radius 3 is 1.69 bits per heavy atom. The summed E-state index contributed by atoms with van der Waals surface area (Å²) in [6, 6.07) is 17.4. The van der Waals surface area contributed by atoms with Crippen LogP contribution in [0.4, 0.5) is 0 Å². The SMILES string of the molecule is CCCCCCCCCCCCCCCCCCc1cccc2nc3ccccc3cc12. The van der Waals surface area contributed by atoms with Gasteiger partial charge < -0.3 is 0 Å². The first kappa shape index (κ1) is 24.7. The summed E-state index contributed by atoms with van der Waals surface area (Å²) in [5.41, 5.74) is 3.70. The minimum absolute atomic E-state index is 1.10. The number of benzene rings is 2. The monoisotopic (exact) mass is 431 g/mol. The summed E-state index contributed by atoms with van der Waals surface area (Å²) in [7, 11) is 0. The molecule has 1 heterocycles. The van der Waals surface area contributed by atoms with E-state index in [0.29, 0.717) is 0 Å². The number of para-hydroxylation sites is 1. The quantitative estimate of drug-likeness (QED) is 0.153. The van der Waals surface area contributed by atoms with Gasteiger partial charge in [-0.05, 0) is 36.6 Å². The smallest absolute Gasteiger partial charge is 0.0712 e. The van der Waals surface area contributed by atoms with Gasteiger partial charge in [-0.2, -0.15) is 0 Å². The maximum Gasteiger partial charge on any atom is 0.0712 e. The van der Waals surface area contributed by atoms with Crippen LogP contribution in [-0.2, 0) is 6.42 Å². The van der Waals surface area contributed by atoms with Crippen molar-refractivity contribution in [3.8, 4) is 0 Å². The Kier molecular flexibility index (Phi) is 11.6. The van der Waals surface area contributed by atoms with Crippen molar-refractivity contribution < 1.29 is 0 Å². The third-order valence-electron chi connectivity index (χ3n) is 6.95. The van der Waals surface area contributed by atoms with Crippen molar-refractivity contribution in [3.05, 3.63) is 54.1 Å². The van der Waals surface area contributed by atoms with Crippen molar-refractivity contribution in [2.45, 2.75) is 116 Å². The first-order valence-electron chi connectivity index (χ1n) is 13.7. The van der Waals surface area contributed by atoms with Gasteiger partial charge in [-0.15, -0.1) is 0 Å². The largest absolute Gasteiger partial charge is 0.248 e. The lowest BCUT2D eigenvalue weighted by Gasteiger charge is -2.08. The molecule has 1 nitrogen and oxygen atoms in total. The number of hydrogen-bond acceptors (Lipinski definition) is 1. The molecular formula is C31H45N. The first-order chi connectivity index (χ1) is 15.9. The number of fused-ring (bicyclic) bond motifs is 2. The fourth-order valence-electron chi connectivity index (χ4n) is 4.94. The molecule has 32 heavy (non-hydrogen) atoms. The van der Waals surface area contributed by atoms with E-state index in [1.807, 2.05) is 0 Å². The molecule has 0 aliphatic carbocycles. The second-order valence-electron chi connectivity index (χ2n) is 9.72. The van der Waals surface area contributed by atoms with Gasteiger partial charge in [0.05, 0.1) is 11.0 Å². The Morgan fingerprint density at radius 2 is 1.06 bits per heavy atom. The maximum atomic E-state index is 4.86. The van der Waals surface area contributed by atoms with E-state index in [1.54, 1.807) is 0 Å². The van der Waals surface area contributed by atoms with Gasteiger partial charge in [0, 0.05) is 10.8 Å². The van der Waals surface area contributed by atoms with Crippen LogP contribution < -0.4 is 0 Å².